The highest BCUT2D eigenvalue weighted by Gasteiger charge is 2.44. The number of hydrogen-bond donors (Lipinski definition) is 0. The zero-order chi connectivity index (χ0) is 8.77. The van der Waals surface area contributed by atoms with Crippen molar-refractivity contribution in [3.63, 3.8) is 0 Å². The number of ether oxygens (including phenoxy) is 1. The minimum Gasteiger partial charge on any atom is -0.446 e. The van der Waals surface area contributed by atoms with Crippen LogP contribution in [0.4, 0.5) is 0 Å². The predicted octanol–water partition coefficient (Wildman–Crippen LogP) is 1.17. The van der Waals surface area contributed by atoms with Crippen LogP contribution in [-0.4, -0.2) is 31.5 Å². The fourth-order valence-electron chi connectivity index (χ4n) is 2.12. The van der Waals surface area contributed by atoms with Crippen LogP contribution in [0.3, 0.4) is 0 Å². The van der Waals surface area contributed by atoms with E-state index in [4.69, 9.17) is 4.74 Å². The first-order chi connectivity index (χ1) is 5.59. The van der Waals surface area contributed by atoms with Crippen LogP contribution in [0.15, 0.2) is 0 Å². The van der Waals surface area contributed by atoms with Crippen LogP contribution in [0.5, 0.6) is 0 Å². The first-order valence-electron chi connectivity index (χ1n) is 4.56. The lowest BCUT2D eigenvalue weighted by Gasteiger charge is -2.40. The number of carbonyl (C=O) groups excluding carboxylic acids is 1. The van der Waals surface area contributed by atoms with Gasteiger partial charge >= 0.3 is 5.97 Å². The second kappa shape index (κ2) is 2.57. The molecule has 2 saturated heterocycles. The Morgan fingerprint density at radius 1 is 1.58 bits per heavy atom. The van der Waals surface area contributed by atoms with Crippen LogP contribution in [-0.2, 0) is 9.53 Å². The Morgan fingerprint density at radius 2 is 2.25 bits per heavy atom. The van der Waals surface area contributed by atoms with Gasteiger partial charge in [-0.25, -0.2) is 0 Å². The van der Waals surface area contributed by atoms with E-state index in [1.807, 2.05) is 0 Å². The molecule has 0 aromatic heterocycles. The second-order valence-corrected chi connectivity index (χ2v) is 8.96. The number of carbonyl (C=O) groups is 1. The summed E-state index contributed by atoms with van der Waals surface area (Å²) in [5.41, 5.74) is 0. The van der Waals surface area contributed by atoms with E-state index in [0.29, 0.717) is 6.42 Å². The van der Waals surface area contributed by atoms with Crippen LogP contribution >= 0.6 is 0 Å². The van der Waals surface area contributed by atoms with Gasteiger partial charge in [0.2, 0.25) is 0 Å². The fraction of sp³-hybridized carbons (Fsp3) is 0.875. The molecule has 0 aliphatic carbocycles. The lowest BCUT2D eigenvalue weighted by Crippen LogP contribution is -2.56. The van der Waals surface area contributed by atoms with Crippen molar-refractivity contribution in [2.45, 2.75) is 38.2 Å². The highest BCUT2D eigenvalue weighted by atomic mass is 28.3. The second-order valence-electron chi connectivity index (χ2n) is 4.26. The van der Waals surface area contributed by atoms with E-state index in [-0.39, 0.29) is 12.2 Å². The van der Waals surface area contributed by atoms with Gasteiger partial charge in [0, 0.05) is 0 Å². The summed E-state index contributed by atoms with van der Waals surface area (Å²) in [6.07, 6.45) is 2.05. The van der Waals surface area contributed by atoms with Crippen LogP contribution in [0.2, 0.25) is 19.1 Å². The topological polar surface area (TPSA) is 29.5 Å². The Hall–Kier alpha value is -0.353. The molecule has 1 atom stereocenters. The first-order valence-corrected chi connectivity index (χ1v) is 7.71. The third-order valence-corrected chi connectivity index (χ3v) is 6.57. The van der Waals surface area contributed by atoms with Gasteiger partial charge in [0.15, 0.2) is 6.23 Å². The number of rotatable bonds is 1. The Morgan fingerprint density at radius 3 is 2.67 bits per heavy atom. The summed E-state index contributed by atoms with van der Waals surface area (Å²) in [5, 5.41) is 0. The molecule has 12 heavy (non-hydrogen) atoms. The minimum atomic E-state index is -1.18. The van der Waals surface area contributed by atoms with Crippen molar-refractivity contribution in [2.24, 2.45) is 0 Å². The van der Waals surface area contributed by atoms with Gasteiger partial charge in [-0.05, 0) is 19.0 Å². The minimum absolute atomic E-state index is 0.0308. The van der Waals surface area contributed by atoms with Crippen molar-refractivity contribution in [3.8, 4) is 0 Å². The van der Waals surface area contributed by atoms with E-state index in [2.05, 4.69) is 17.7 Å². The first kappa shape index (κ1) is 8.25. The van der Waals surface area contributed by atoms with Gasteiger partial charge in [0.1, 0.15) is 8.24 Å². The van der Waals surface area contributed by atoms with Crippen molar-refractivity contribution in [3.05, 3.63) is 0 Å². The normalized spacial score (nSPS) is 34.5. The van der Waals surface area contributed by atoms with E-state index in [1.165, 1.54) is 12.5 Å². The Kier molecular flexibility index (Phi) is 1.77. The average molecular weight is 185 g/mol. The molecular formula is C8H15NO2Si. The van der Waals surface area contributed by atoms with Crippen molar-refractivity contribution in [2.75, 3.05) is 6.54 Å². The third-order valence-electron chi connectivity index (χ3n) is 2.92. The molecule has 2 fully saturated rings. The van der Waals surface area contributed by atoms with Crippen LogP contribution in [0.25, 0.3) is 0 Å². The quantitative estimate of drug-likeness (QED) is 0.454. The summed E-state index contributed by atoms with van der Waals surface area (Å²) in [6, 6.07) is 1.35. The molecular weight excluding hydrogens is 170 g/mol. The standard InChI is InChI=1S/C8H15NO2Si/c1-12(2)5-3-4-9(12)7-6-8(10)11-7/h7H,3-6H2,1-2H3. The van der Waals surface area contributed by atoms with Gasteiger partial charge in [0.05, 0.1) is 6.42 Å². The maximum Gasteiger partial charge on any atom is 0.312 e. The van der Waals surface area contributed by atoms with Gasteiger partial charge < -0.3 is 4.74 Å². The zero-order valence-corrected chi connectivity index (χ0v) is 8.67. The fourth-order valence-corrected chi connectivity index (χ4v) is 5.12. The van der Waals surface area contributed by atoms with Gasteiger partial charge in [-0.2, -0.15) is 0 Å². The molecule has 3 nitrogen and oxygen atoms in total. The molecule has 0 spiro atoms. The smallest absolute Gasteiger partial charge is 0.312 e. The van der Waals surface area contributed by atoms with Crippen LogP contribution in [0.1, 0.15) is 12.8 Å². The highest BCUT2D eigenvalue weighted by Crippen LogP contribution is 2.32. The molecule has 0 amide bonds. The molecule has 1 unspecified atom stereocenters. The molecule has 0 radical (unpaired) electrons. The van der Waals surface area contributed by atoms with Crippen molar-refractivity contribution in [1.82, 2.24) is 4.57 Å². The number of hydrogen-bond acceptors (Lipinski definition) is 3. The van der Waals surface area contributed by atoms with Gasteiger partial charge in [0.25, 0.3) is 0 Å². The van der Waals surface area contributed by atoms with Gasteiger partial charge in [-0.1, -0.05) is 13.1 Å². The molecule has 0 saturated carbocycles. The van der Waals surface area contributed by atoms with Crippen LogP contribution in [0, 0.1) is 0 Å². The molecule has 2 aliphatic rings. The number of nitrogens with zero attached hydrogens (tertiary/aromatic N) is 1. The molecule has 0 N–H and O–H groups in total. The average Bonchev–Trinajstić information content (AvgIpc) is 2.23. The third kappa shape index (κ3) is 1.19. The molecule has 2 rings (SSSR count). The van der Waals surface area contributed by atoms with Gasteiger partial charge in [-0.3, -0.25) is 9.36 Å². The summed E-state index contributed by atoms with van der Waals surface area (Å²) in [5.74, 6) is -0.0308. The lowest BCUT2D eigenvalue weighted by atomic mass is 10.3. The summed E-state index contributed by atoms with van der Waals surface area (Å²) in [7, 11) is -1.18. The summed E-state index contributed by atoms with van der Waals surface area (Å²) < 4.78 is 7.52. The summed E-state index contributed by atoms with van der Waals surface area (Å²) >= 11 is 0. The van der Waals surface area contributed by atoms with Crippen molar-refractivity contribution in [1.29, 1.82) is 0 Å². The van der Waals surface area contributed by atoms with Gasteiger partial charge in [-0.15, -0.1) is 0 Å². The van der Waals surface area contributed by atoms with E-state index in [9.17, 15) is 4.79 Å². The molecule has 0 aromatic carbocycles. The largest absolute Gasteiger partial charge is 0.446 e. The van der Waals surface area contributed by atoms with Crippen molar-refractivity contribution >= 4 is 14.2 Å². The number of esters is 1. The van der Waals surface area contributed by atoms with E-state index in [0.717, 1.165) is 6.54 Å². The summed E-state index contributed by atoms with van der Waals surface area (Å²) in [4.78, 5) is 10.6. The van der Waals surface area contributed by atoms with Crippen LogP contribution < -0.4 is 0 Å². The predicted molar refractivity (Wildman–Crippen MR) is 48.1 cm³/mol. The van der Waals surface area contributed by atoms with E-state index in [1.54, 1.807) is 0 Å². The molecule has 2 aliphatic heterocycles. The summed E-state index contributed by atoms with van der Waals surface area (Å²) in [6.45, 7) is 5.84. The SMILES string of the molecule is C[Si]1(C)CCCN1C1CC(=O)O1. The molecule has 0 aromatic rings. The lowest BCUT2D eigenvalue weighted by molar-refractivity contribution is -0.181. The molecule has 0 bridgehead atoms. The molecule has 68 valence electrons. The Bertz CT molecular complexity index is 209. The Balaban J connectivity index is 2.00. The molecule has 2 heterocycles. The maximum absolute atomic E-state index is 10.6. The maximum atomic E-state index is 10.6. The highest BCUT2D eigenvalue weighted by molar-refractivity contribution is 6.75. The number of cyclic esters (lactones) is 1. The zero-order valence-electron chi connectivity index (χ0n) is 7.67. The van der Waals surface area contributed by atoms with E-state index < -0.39 is 8.24 Å². The molecule has 4 heteroatoms. The monoisotopic (exact) mass is 185 g/mol. The van der Waals surface area contributed by atoms with E-state index >= 15 is 0 Å². The Labute approximate surface area is 73.8 Å². The van der Waals surface area contributed by atoms with Crippen molar-refractivity contribution < 1.29 is 9.53 Å².